The molecule has 0 unspecified atom stereocenters. The third-order valence-corrected chi connectivity index (χ3v) is 3.92. The van der Waals surface area contributed by atoms with Crippen molar-refractivity contribution in [3.05, 3.63) is 47.5 Å². The van der Waals surface area contributed by atoms with Crippen molar-refractivity contribution >= 4 is 33.0 Å². The van der Waals surface area contributed by atoms with Gasteiger partial charge < -0.3 is 5.73 Å². The standard InChI is InChI=1S/C11H9ClFN3O2S/c12-10-4-8(1-2-11(10)14)16-19(17,18)9-3-7(13)5-15-6-9/h1-6,16H,14H2. The number of hydrogen-bond donors (Lipinski definition) is 2. The number of anilines is 2. The molecule has 0 bridgehead atoms. The summed E-state index contributed by atoms with van der Waals surface area (Å²) in [5.41, 5.74) is 6.07. The Balaban J connectivity index is 2.33. The number of halogens is 2. The average molecular weight is 302 g/mol. The highest BCUT2D eigenvalue weighted by Gasteiger charge is 2.15. The maximum atomic E-state index is 13.0. The van der Waals surface area contributed by atoms with E-state index in [1.165, 1.54) is 18.2 Å². The van der Waals surface area contributed by atoms with Gasteiger partial charge in [0.15, 0.2) is 0 Å². The van der Waals surface area contributed by atoms with E-state index in [1.807, 2.05) is 0 Å². The lowest BCUT2D eigenvalue weighted by Gasteiger charge is -2.08. The Morgan fingerprint density at radius 1 is 1.26 bits per heavy atom. The van der Waals surface area contributed by atoms with Gasteiger partial charge in [-0.2, -0.15) is 0 Å². The van der Waals surface area contributed by atoms with E-state index in [0.29, 0.717) is 5.69 Å². The second-order valence-electron chi connectivity index (χ2n) is 3.68. The molecule has 0 aliphatic rings. The molecule has 0 saturated heterocycles. The lowest BCUT2D eigenvalue weighted by molar-refractivity contribution is 0.592. The van der Waals surface area contributed by atoms with Gasteiger partial charge in [-0.1, -0.05) is 11.6 Å². The number of nitrogens with two attached hydrogens (primary N) is 1. The molecule has 0 fully saturated rings. The third-order valence-electron chi connectivity index (χ3n) is 2.24. The van der Waals surface area contributed by atoms with Crippen LogP contribution in [0.4, 0.5) is 15.8 Å². The van der Waals surface area contributed by atoms with Crippen LogP contribution in [0, 0.1) is 5.82 Å². The number of aromatic nitrogens is 1. The molecule has 0 aliphatic carbocycles. The van der Waals surface area contributed by atoms with E-state index in [-0.39, 0.29) is 15.6 Å². The summed E-state index contributed by atoms with van der Waals surface area (Å²) in [5, 5.41) is 0.220. The van der Waals surface area contributed by atoms with Crippen LogP contribution in [0.15, 0.2) is 41.6 Å². The zero-order valence-corrected chi connectivity index (χ0v) is 11.0. The quantitative estimate of drug-likeness (QED) is 0.852. The molecule has 0 amide bonds. The summed E-state index contributed by atoms with van der Waals surface area (Å²) in [7, 11) is -3.92. The van der Waals surface area contributed by atoms with E-state index in [4.69, 9.17) is 17.3 Å². The number of nitrogens with one attached hydrogen (secondary N) is 1. The first-order valence-corrected chi connectivity index (χ1v) is 6.93. The minimum absolute atomic E-state index is 0.220. The van der Waals surface area contributed by atoms with Crippen LogP contribution in [0.25, 0.3) is 0 Å². The van der Waals surface area contributed by atoms with Crippen molar-refractivity contribution in [3.63, 3.8) is 0 Å². The van der Waals surface area contributed by atoms with Crippen LogP contribution in [-0.4, -0.2) is 13.4 Å². The van der Waals surface area contributed by atoms with E-state index in [0.717, 1.165) is 18.5 Å². The maximum Gasteiger partial charge on any atom is 0.263 e. The van der Waals surface area contributed by atoms with Crippen molar-refractivity contribution < 1.29 is 12.8 Å². The molecule has 1 aromatic carbocycles. The molecular weight excluding hydrogens is 293 g/mol. The Kier molecular flexibility index (Phi) is 3.59. The molecule has 0 radical (unpaired) electrons. The number of nitrogens with zero attached hydrogens (tertiary/aromatic N) is 1. The number of nitrogen functional groups attached to an aromatic ring is 1. The largest absolute Gasteiger partial charge is 0.398 e. The maximum absolute atomic E-state index is 13.0. The first-order chi connectivity index (χ1) is 8.88. The Morgan fingerprint density at radius 3 is 2.63 bits per heavy atom. The normalized spacial score (nSPS) is 11.3. The Labute approximate surface area is 114 Å². The van der Waals surface area contributed by atoms with E-state index in [9.17, 15) is 12.8 Å². The molecular formula is C11H9ClFN3O2S. The van der Waals surface area contributed by atoms with E-state index in [2.05, 4.69) is 9.71 Å². The second-order valence-corrected chi connectivity index (χ2v) is 5.77. The summed E-state index contributed by atoms with van der Waals surface area (Å²) in [6.45, 7) is 0. The Bertz CT molecular complexity index is 722. The zero-order valence-electron chi connectivity index (χ0n) is 9.47. The molecule has 1 aromatic heterocycles. The summed E-state index contributed by atoms with van der Waals surface area (Å²) in [4.78, 5) is 3.21. The molecule has 1 heterocycles. The Hall–Kier alpha value is -1.86. The molecule has 8 heteroatoms. The number of sulfonamides is 1. The highest BCUT2D eigenvalue weighted by molar-refractivity contribution is 7.92. The molecule has 3 N–H and O–H groups in total. The molecule has 0 aliphatic heterocycles. The van der Waals surface area contributed by atoms with E-state index >= 15 is 0 Å². The second kappa shape index (κ2) is 5.02. The fraction of sp³-hybridized carbons (Fsp3) is 0. The molecule has 19 heavy (non-hydrogen) atoms. The van der Waals surface area contributed by atoms with Crippen LogP contribution < -0.4 is 10.5 Å². The van der Waals surface area contributed by atoms with Crippen molar-refractivity contribution in [1.82, 2.24) is 4.98 Å². The van der Waals surface area contributed by atoms with Crippen LogP contribution in [0.1, 0.15) is 0 Å². The van der Waals surface area contributed by atoms with Crippen LogP contribution >= 0.6 is 11.6 Å². The molecule has 2 rings (SSSR count). The lowest BCUT2D eigenvalue weighted by atomic mass is 10.3. The molecule has 0 atom stereocenters. The minimum Gasteiger partial charge on any atom is -0.398 e. The monoisotopic (exact) mass is 301 g/mol. The van der Waals surface area contributed by atoms with Gasteiger partial charge in [0.2, 0.25) is 0 Å². The summed E-state index contributed by atoms with van der Waals surface area (Å²) < 4.78 is 39.1. The van der Waals surface area contributed by atoms with Crippen molar-refractivity contribution in [3.8, 4) is 0 Å². The Morgan fingerprint density at radius 2 is 2.00 bits per heavy atom. The van der Waals surface area contributed by atoms with Crippen molar-refractivity contribution in [1.29, 1.82) is 0 Å². The number of rotatable bonds is 3. The summed E-state index contributed by atoms with van der Waals surface area (Å²) in [6.07, 6.45) is 1.96. The van der Waals surface area contributed by atoms with Gasteiger partial charge in [-0.25, -0.2) is 12.8 Å². The van der Waals surface area contributed by atoms with Gasteiger partial charge in [0.1, 0.15) is 10.7 Å². The number of benzene rings is 1. The highest BCUT2D eigenvalue weighted by atomic mass is 35.5. The topological polar surface area (TPSA) is 85.1 Å². The van der Waals surface area contributed by atoms with Gasteiger partial charge in [-0.3, -0.25) is 9.71 Å². The van der Waals surface area contributed by atoms with Crippen molar-refractivity contribution in [2.24, 2.45) is 0 Å². The smallest absolute Gasteiger partial charge is 0.263 e. The molecule has 0 spiro atoms. The van der Waals surface area contributed by atoms with Gasteiger partial charge in [-0.15, -0.1) is 0 Å². The van der Waals surface area contributed by atoms with E-state index in [1.54, 1.807) is 0 Å². The van der Waals surface area contributed by atoms with Gasteiger partial charge in [-0.05, 0) is 24.3 Å². The van der Waals surface area contributed by atoms with Crippen molar-refractivity contribution in [2.75, 3.05) is 10.5 Å². The van der Waals surface area contributed by atoms with Crippen molar-refractivity contribution in [2.45, 2.75) is 4.90 Å². The molecule has 2 aromatic rings. The highest BCUT2D eigenvalue weighted by Crippen LogP contribution is 2.24. The first-order valence-electron chi connectivity index (χ1n) is 5.07. The minimum atomic E-state index is -3.92. The summed E-state index contributed by atoms with van der Waals surface area (Å²) in [5.74, 6) is -0.738. The van der Waals surface area contributed by atoms with Gasteiger partial charge in [0.25, 0.3) is 10.0 Å². The lowest BCUT2D eigenvalue weighted by Crippen LogP contribution is -2.13. The zero-order chi connectivity index (χ0) is 14.0. The first kappa shape index (κ1) is 13.6. The van der Waals surface area contributed by atoms with Gasteiger partial charge in [0, 0.05) is 6.20 Å². The number of hydrogen-bond acceptors (Lipinski definition) is 4. The summed E-state index contributed by atoms with van der Waals surface area (Å²) in [6, 6.07) is 5.14. The average Bonchev–Trinajstić information content (AvgIpc) is 2.33. The van der Waals surface area contributed by atoms with Crippen LogP contribution in [0.2, 0.25) is 5.02 Å². The summed E-state index contributed by atoms with van der Waals surface area (Å²) >= 11 is 5.78. The fourth-order valence-corrected chi connectivity index (χ4v) is 2.55. The predicted molar refractivity (Wildman–Crippen MR) is 70.9 cm³/mol. The molecule has 5 nitrogen and oxygen atoms in total. The molecule has 0 saturated carbocycles. The van der Waals surface area contributed by atoms with Gasteiger partial charge >= 0.3 is 0 Å². The number of pyridine rings is 1. The fourth-order valence-electron chi connectivity index (χ4n) is 1.34. The van der Waals surface area contributed by atoms with Gasteiger partial charge in [0.05, 0.1) is 22.6 Å². The van der Waals surface area contributed by atoms with Crippen LogP contribution in [0.5, 0.6) is 0 Å². The SMILES string of the molecule is Nc1ccc(NS(=O)(=O)c2cncc(F)c2)cc1Cl. The molecule has 100 valence electrons. The third kappa shape index (κ3) is 3.12. The predicted octanol–water partition coefficient (Wildman–Crippen LogP) is 2.26. The van der Waals surface area contributed by atoms with E-state index < -0.39 is 15.8 Å². The van der Waals surface area contributed by atoms with Crippen LogP contribution in [0.3, 0.4) is 0 Å². The van der Waals surface area contributed by atoms with Crippen LogP contribution in [-0.2, 0) is 10.0 Å².